The Balaban J connectivity index is 1.94. The van der Waals surface area contributed by atoms with Crippen molar-refractivity contribution in [2.45, 2.75) is 32.2 Å². The fraction of sp³-hybridized carbons (Fsp3) is 0.600. The van der Waals surface area contributed by atoms with Gasteiger partial charge in [-0.3, -0.25) is 9.59 Å². The van der Waals surface area contributed by atoms with Crippen LogP contribution in [0.2, 0.25) is 0 Å². The van der Waals surface area contributed by atoms with Crippen molar-refractivity contribution in [1.29, 1.82) is 0 Å². The summed E-state index contributed by atoms with van der Waals surface area (Å²) in [6.07, 6.45) is 6.10. The summed E-state index contributed by atoms with van der Waals surface area (Å²) in [6.45, 7) is 2.32. The molecule has 1 saturated heterocycles. The van der Waals surface area contributed by atoms with Crippen LogP contribution in [0.1, 0.15) is 25.7 Å². The fourth-order valence-corrected chi connectivity index (χ4v) is 2.49. The van der Waals surface area contributed by atoms with Gasteiger partial charge in [0.15, 0.2) is 12.4 Å². The maximum atomic E-state index is 12.1. The summed E-state index contributed by atoms with van der Waals surface area (Å²) in [5.74, 6) is 0.152. The Bertz CT molecular complexity index is 519. The number of ether oxygens (including phenoxy) is 1. The van der Waals surface area contributed by atoms with E-state index in [-0.39, 0.29) is 23.8 Å². The number of likely N-dealkylation sites (tertiary alicyclic amines) is 1. The fourth-order valence-electron chi connectivity index (χ4n) is 2.49. The van der Waals surface area contributed by atoms with Gasteiger partial charge in [-0.15, -0.1) is 0 Å². The molecule has 1 fully saturated rings. The zero-order valence-corrected chi connectivity index (χ0v) is 12.3. The summed E-state index contributed by atoms with van der Waals surface area (Å²) < 4.78 is 6.91. The monoisotopic (exact) mass is 293 g/mol. The van der Waals surface area contributed by atoms with E-state index < -0.39 is 0 Å². The maximum Gasteiger partial charge on any atom is 0.292 e. The van der Waals surface area contributed by atoms with Crippen molar-refractivity contribution in [3.63, 3.8) is 0 Å². The average molecular weight is 293 g/mol. The summed E-state index contributed by atoms with van der Waals surface area (Å²) in [6, 6.07) is 3.31. The molecule has 0 aromatic carbocycles. The third-order valence-electron chi connectivity index (χ3n) is 3.67. The van der Waals surface area contributed by atoms with E-state index in [1.54, 1.807) is 18.3 Å². The lowest BCUT2D eigenvalue weighted by Gasteiger charge is -2.20. The predicted octanol–water partition coefficient (Wildman–Crippen LogP) is 0.588. The molecule has 1 aliphatic heterocycles. The van der Waals surface area contributed by atoms with Crippen molar-refractivity contribution in [3.8, 4) is 5.75 Å². The lowest BCUT2D eigenvalue weighted by molar-refractivity contribution is -0.133. The van der Waals surface area contributed by atoms with Crippen molar-refractivity contribution < 1.29 is 9.53 Å². The SMILES string of the molecule is NCCn1cccc(OCC(=O)N2CCCCCC2)c1=O. The van der Waals surface area contributed by atoms with Gasteiger partial charge in [-0.05, 0) is 25.0 Å². The minimum Gasteiger partial charge on any atom is -0.478 e. The second-order valence-corrected chi connectivity index (χ2v) is 5.24. The highest BCUT2D eigenvalue weighted by Crippen LogP contribution is 2.10. The van der Waals surface area contributed by atoms with E-state index in [0.29, 0.717) is 13.1 Å². The molecule has 0 atom stereocenters. The highest BCUT2D eigenvalue weighted by molar-refractivity contribution is 5.77. The smallest absolute Gasteiger partial charge is 0.292 e. The third-order valence-corrected chi connectivity index (χ3v) is 3.67. The van der Waals surface area contributed by atoms with Crippen LogP contribution in [-0.2, 0) is 11.3 Å². The van der Waals surface area contributed by atoms with Crippen molar-refractivity contribution in [2.75, 3.05) is 26.2 Å². The van der Waals surface area contributed by atoms with E-state index in [0.717, 1.165) is 25.9 Å². The quantitative estimate of drug-likeness (QED) is 0.862. The molecule has 2 N–H and O–H groups in total. The summed E-state index contributed by atoms with van der Waals surface area (Å²) in [5, 5.41) is 0. The predicted molar refractivity (Wildman–Crippen MR) is 80.3 cm³/mol. The molecule has 0 spiro atoms. The lowest BCUT2D eigenvalue weighted by Crippen LogP contribution is -2.36. The Hall–Kier alpha value is -1.82. The number of nitrogens with zero attached hydrogens (tertiary/aromatic N) is 2. The minimum atomic E-state index is -0.244. The summed E-state index contributed by atoms with van der Waals surface area (Å²) in [7, 11) is 0. The number of rotatable bonds is 5. The molecule has 0 unspecified atom stereocenters. The van der Waals surface area contributed by atoms with Gasteiger partial charge in [-0.1, -0.05) is 12.8 Å². The number of carbonyl (C=O) groups excluding carboxylic acids is 1. The van der Waals surface area contributed by atoms with Gasteiger partial charge in [0.1, 0.15) is 0 Å². The molecule has 1 aromatic rings. The van der Waals surface area contributed by atoms with Crippen LogP contribution < -0.4 is 16.0 Å². The van der Waals surface area contributed by atoms with Crippen LogP contribution in [0.3, 0.4) is 0 Å². The molecule has 0 radical (unpaired) electrons. The van der Waals surface area contributed by atoms with Crippen molar-refractivity contribution in [1.82, 2.24) is 9.47 Å². The first kappa shape index (κ1) is 15.6. The van der Waals surface area contributed by atoms with E-state index >= 15 is 0 Å². The Morgan fingerprint density at radius 1 is 1.24 bits per heavy atom. The van der Waals surface area contributed by atoms with Crippen LogP contribution in [0.4, 0.5) is 0 Å². The Morgan fingerprint density at radius 2 is 1.95 bits per heavy atom. The molecule has 0 aliphatic carbocycles. The molecule has 2 heterocycles. The molecule has 21 heavy (non-hydrogen) atoms. The van der Waals surface area contributed by atoms with Gasteiger partial charge >= 0.3 is 0 Å². The Morgan fingerprint density at radius 3 is 2.62 bits per heavy atom. The molecule has 0 bridgehead atoms. The zero-order valence-electron chi connectivity index (χ0n) is 12.3. The highest BCUT2D eigenvalue weighted by atomic mass is 16.5. The average Bonchev–Trinajstić information content (AvgIpc) is 2.77. The van der Waals surface area contributed by atoms with Crippen molar-refractivity contribution in [2.24, 2.45) is 5.73 Å². The molecular formula is C15H23N3O3. The molecule has 1 amide bonds. The van der Waals surface area contributed by atoms with Crippen molar-refractivity contribution in [3.05, 3.63) is 28.7 Å². The topological polar surface area (TPSA) is 77.6 Å². The van der Waals surface area contributed by atoms with Crippen LogP contribution in [0.15, 0.2) is 23.1 Å². The normalized spacial score (nSPS) is 15.6. The van der Waals surface area contributed by atoms with Crippen LogP contribution in [0.25, 0.3) is 0 Å². The number of amides is 1. The molecule has 6 nitrogen and oxygen atoms in total. The van der Waals surface area contributed by atoms with Crippen molar-refractivity contribution >= 4 is 5.91 Å². The first-order valence-electron chi connectivity index (χ1n) is 7.52. The van der Waals surface area contributed by atoms with Gasteiger partial charge < -0.3 is 19.9 Å². The maximum absolute atomic E-state index is 12.1. The molecule has 6 heteroatoms. The minimum absolute atomic E-state index is 0.0504. The molecule has 2 rings (SSSR count). The number of hydrogen-bond acceptors (Lipinski definition) is 4. The van der Waals surface area contributed by atoms with Gasteiger partial charge in [0.2, 0.25) is 0 Å². The van der Waals surface area contributed by atoms with E-state index in [9.17, 15) is 9.59 Å². The second kappa shape index (κ2) is 7.83. The standard InChI is InChI=1S/C15H23N3O3/c16-7-11-18-10-5-6-13(15(18)20)21-12-14(19)17-8-3-1-2-4-9-17/h5-6,10H,1-4,7-9,11-12,16H2. The van der Waals surface area contributed by atoms with Gasteiger partial charge in [0.05, 0.1) is 0 Å². The van der Waals surface area contributed by atoms with Crippen LogP contribution in [0, 0.1) is 0 Å². The molecular weight excluding hydrogens is 270 g/mol. The van der Waals surface area contributed by atoms with E-state index in [2.05, 4.69) is 0 Å². The number of carbonyl (C=O) groups is 1. The number of hydrogen-bond donors (Lipinski definition) is 1. The van der Waals surface area contributed by atoms with E-state index in [1.807, 2.05) is 4.90 Å². The van der Waals surface area contributed by atoms with Gasteiger partial charge in [-0.2, -0.15) is 0 Å². The number of aromatic nitrogens is 1. The Kier molecular flexibility index (Phi) is 5.80. The van der Waals surface area contributed by atoms with E-state index in [1.165, 1.54) is 17.4 Å². The highest BCUT2D eigenvalue weighted by Gasteiger charge is 2.16. The molecule has 116 valence electrons. The largest absolute Gasteiger partial charge is 0.478 e. The molecule has 1 aromatic heterocycles. The summed E-state index contributed by atoms with van der Waals surface area (Å²) in [5.41, 5.74) is 5.21. The first-order chi connectivity index (χ1) is 10.2. The second-order valence-electron chi connectivity index (χ2n) is 5.24. The zero-order chi connectivity index (χ0) is 15.1. The van der Waals surface area contributed by atoms with Gasteiger partial charge in [-0.25, -0.2) is 0 Å². The number of pyridine rings is 1. The summed E-state index contributed by atoms with van der Waals surface area (Å²) >= 11 is 0. The van der Waals surface area contributed by atoms with E-state index in [4.69, 9.17) is 10.5 Å². The van der Waals surface area contributed by atoms with Gasteiger partial charge in [0, 0.05) is 32.4 Å². The molecule has 1 aliphatic rings. The lowest BCUT2D eigenvalue weighted by atomic mass is 10.2. The van der Waals surface area contributed by atoms with Crippen LogP contribution in [0.5, 0.6) is 5.75 Å². The first-order valence-corrected chi connectivity index (χ1v) is 7.52. The third kappa shape index (κ3) is 4.32. The molecule has 0 saturated carbocycles. The van der Waals surface area contributed by atoms with Gasteiger partial charge in [0.25, 0.3) is 11.5 Å². The Labute approximate surface area is 124 Å². The van der Waals surface area contributed by atoms with Crippen LogP contribution >= 0.6 is 0 Å². The summed E-state index contributed by atoms with van der Waals surface area (Å²) in [4.78, 5) is 26.0. The van der Waals surface area contributed by atoms with Crippen LogP contribution in [-0.4, -0.2) is 41.6 Å². The number of nitrogens with two attached hydrogens (primary N) is 1.